The average molecular weight is 641 g/mol. The van der Waals surface area contributed by atoms with Gasteiger partial charge in [-0.05, 0) is 44.2 Å². The van der Waals surface area contributed by atoms with Crippen molar-refractivity contribution in [2.75, 3.05) is 70.3 Å². The van der Waals surface area contributed by atoms with Crippen molar-refractivity contribution in [1.82, 2.24) is 4.98 Å². The maximum Gasteiger partial charge on any atom is 0.232 e. The molecule has 2 heterocycles. The van der Waals surface area contributed by atoms with Crippen molar-refractivity contribution in [1.29, 1.82) is 0 Å². The fourth-order valence-corrected chi connectivity index (χ4v) is 5.70. The molecule has 44 heavy (non-hydrogen) atoms. The number of aromatic nitrogens is 1. The van der Waals surface area contributed by atoms with Crippen LogP contribution in [0, 0.1) is 0 Å². The summed E-state index contributed by atoms with van der Waals surface area (Å²) in [5.41, 5.74) is 2.99. The number of hydrogen-bond acceptors (Lipinski definition) is 12. The van der Waals surface area contributed by atoms with Crippen LogP contribution >= 0.6 is 11.3 Å². The quantitative estimate of drug-likeness (QED) is 0.0842. The fourth-order valence-electron chi connectivity index (χ4n) is 4.85. The summed E-state index contributed by atoms with van der Waals surface area (Å²) in [7, 11) is 0.839. The minimum atomic E-state index is -4.41. The van der Waals surface area contributed by atoms with E-state index in [1.165, 1.54) is 11.3 Å². The second kappa shape index (κ2) is 13.9. The summed E-state index contributed by atoms with van der Waals surface area (Å²) < 4.78 is 32.0. The number of azo groups is 1. The molecular formula is C30H36N6O6S2. The van der Waals surface area contributed by atoms with E-state index in [2.05, 4.69) is 52.2 Å². The van der Waals surface area contributed by atoms with Crippen molar-refractivity contribution in [3.8, 4) is 0 Å². The molecule has 0 saturated carbocycles. The number of anilines is 2. The monoisotopic (exact) mass is 640 g/mol. The zero-order valence-corrected chi connectivity index (χ0v) is 27.0. The Labute approximate surface area is 261 Å². The smallest absolute Gasteiger partial charge is 0.232 e. The predicted molar refractivity (Wildman–Crippen MR) is 170 cm³/mol. The van der Waals surface area contributed by atoms with Gasteiger partial charge in [0.25, 0.3) is 0 Å². The number of quaternary nitrogens is 1. The van der Waals surface area contributed by atoms with Gasteiger partial charge < -0.3 is 18.8 Å². The number of Topliss-reactive ketones (excluding diaryl/α,β-unsaturated/α-hetero) is 2. The van der Waals surface area contributed by atoms with Gasteiger partial charge in [-0.15, -0.1) is 10.2 Å². The lowest BCUT2D eigenvalue weighted by Gasteiger charge is -2.39. The molecule has 2 aliphatic rings. The molecule has 12 nitrogen and oxygen atoms in total. The molecule has 0 unspecified atom stereocenters. The molecule has 1 aliphatic heterocycles. The van der Waals surface area contributed by atoms with E-state index in [4.69, 9.17) is 4.98 Å². The molecule has 0 bridgehead atoms. The van der Waals surface area contributed by atoms with Crippen LogP contribution in [0.15, 0.2) is 64.3 Å². The maximum absolute atomic E-state index is 13.1. The first-order chi connectivity index (χ1) is 20.9. The van der Waals surface area contributed by atoms with Gasteiger partial charge in [0.05, 0.1) is 63.5 Å². The SMILES string of the molecule is CCN(CC)c1ccc(N=Nc2nc(N3CC[N+](C)(C)CC3)c(C=C3C(=O)c4ccccc4C3=O)s2)cc1.COS(=O)(=O)[O-]. The molecule has 1 aliphatic carbocycles. The van der Waals surface area contributed by atoms with E-state index in [-0.39, 0.29) is 17.1 Å². The Morgan fingerprint density at radius 2 is 1.55 bits per heavy atom. The van der Waals surface area contributed by atoms with Crippen LogP contribution in [0.25, 0.3) is 6.08 Å². The standard InChI is InChI=1S/C29H33N6O2S.CH4O4S/c1-5-33(6-2)21-13-11-20(12-14-21)31-32-29-30-28(34-15-17-35(3,4)18-16-34)25(38-29)19-24-26(36)22-9-7-8-10-23(22)27(24)37;1-5-6(2,3)4/h7-14,19H,5-6,15-18H2,1-4H3;1H3,(H,2,3,4)/q+1;/p-1. The zero-order chi connectivity index (χ0) is 32.1. The number of ketones is 2. The van der Waals surface area contributed by atoms with Crippen LogP contribution in [0.4, 0.5) is 22.3 Å². The average Bonchev–Trinajstić information content (AvgIpc) is 3.51. The van der Waals surface area contributed by atoms with Crippen LogP contribution in [0.1, 0.15) is 39.4 Å². The second-order valence-corrected chi connectivity index (χ2v) is 12.9. The Morgan fingerprint density at radius 3 is 2.05 bits per heavy atom. The summed E-state index contributed by atoms with van der Waals surface area (Å²) in [6.07, 6.45) is 1.70. The Kier molecular flexibility index (Phi) is 10.4. The minimum absolute atomic E-state index is 0.180. The number of allylic oxidation sites excluding steroid dienone is 1. The molecule has 1 fully saturated rings. The van der Waals surface area contributed by atoms with Crippen molar-refractivity contribution in [2.45, 2.75) is 13.8 Å². The summed E-state index contributed by atoms with van der Waals surface area (Å²) in [4.78, 5) is 36.2. The molecule has 3 aromatic rings. The number of nitrogens with zero attached hydrogens (tertiary/aromatic N) is 6. The lowest BCUT2D eigenvalue weighted by Crippen LogP contribution is -2.55. The highest BCUT2D eigenvalue weighted by molar-refractivity contribution is 7.80. The van der Waals surface area contributed by atoms with E-state index in [1.54, 1.807) is 30.3 Å². The van der Waals surface area contributed by atoms with Gasteiger partial charge >= 0.3 is 0 Å². The van der Waals surface area contributed by atoms with Crippen LogP contribution in [0.2, 0.25) is 0 Å². The topological polar surface area (TPSA) is 145 Å². The summed E-state index contributed by atoms with van der Waals surface area (Å²) in [6, 6.07) is 15.0. The molecule has 14 heteroatoms. The highest BCUT2D eigenvalue weighted by atomic mass is 32.3. The van der Waals surface area contributed by atoms with Gasteiger partial charge in [-0.1, -0.05) is 35.6 Å². The molecule has 5 rings (SSSR count). The van der Waals surface area contributed by atoms with Crippen LogP contribution in [-0.2, 0) is 14.6 Å². The molecule has 234 valence electrons. The second-order valence-electron chi connectivity index (χ2n) is 10.8. The first-order valence-corrected chi connectivity index (χ1v) is 16.3. The predicted octanol–water partition coefficient (Wildman–Crippen LogP) is 4.86. The van der Waals surface area contributed by atoms with Crippen molar-refractivity contribution in [3.63, 3.8) is 0 Å². The van der Waals surface area contributed by atoms with Crippen LogP contribution in [0.3, 0.4) is 0 Å². The van der Waals surface area contributed by atoms with Crippen molar-refractivity contribution >= 4 is 61.7 Å². The molecule has 0 atom stereocenters. The Morgan fingerprint density at radius 1 is 1.00 bits per heavy atom. The lowest BCUT2D eigenvalue weighted by molar-refractivity contribution is -0.890. The van der Waals surface area contributed by atoms with E-state index in [0.717, 1.165) is 72.9 Å². The summed E-state index contributed by atoms with van der Waals surface area (Å²) in [6.45, 7) is 9.78. The number of rotatable bonds is 8. The largest absolute Gasteiger partial charge is 0.726 e. The van der Waals surface area contributed by atoms with Gasteiger partial charge in [0.1, 0.15) is 5.82 Å². The van der Waals surface area contributed by atoms with Gasteiger partial charge in [0.15, 0.2) is 11.6 Å². The lowest BCUT2D eigenvalue weighted by atomic mass is 10.1. The normalized spacial score (nSPS) is 16.1. The van der Waals surface area contributed by atoms with E-state index in [1.807, 2.05) is 24.3 Å². The first kappa shape index (κ1) is 33.1. The van der Waals surface area contributed by atoms with E-state index >= 15 is 0 Å². The van der Waals surface area contributed by atoms with Crippen LogP contribution in [-0.4, -0.2) is 94.5 Å². The number of carbonyl (C=O) groups is 2. The third-order valence-electron chi connectivity index (χ3n) is 7.49. The highest BCUT2D eigenvalue weighted by Gasteiger charge is 2.34. The van der Waals surface area contributed by atoms with Crippen molar-refractivity contribution < 1.29 is 31.2 Å². The Hall–Kier alpha value is -3.82. The Bertz CT molecular complexity index is 1630. The zero-order valence-electron chi connectivity index (χ0n) is 25.4. The van der Waals surface area contributed by atoms with E-state index < -0.39 is 10.4 Å². The first-order valence-electron chi connectivity index (χ1n) is 14.1. The van der Waals surface area contributed by atoms with Gasteiger partial charge in [0, 0.05) is 29.9 Å². The molecule has 0 spiro atoms. The number of fused-ring (bicyclic) bond motifs is 1. The third kappa shape index (κ3) is 8.01. The molecule has 1 saturated heterocycles. The number of benzene rings is 2. The van der Waals surface area contributed by atoms with E-state index in [9.17, 15) is 22.6 Å². The number of thiazole rings is 1. The molecule has 2 aromatic carbocycles. The Balaban J connectivity index is 0.000000670. The molecule has 0 radical (unpaired) electrons. The number of hydrogen-bond donors (Lipinski definition) is 0. The van der Waals surface area contributed by atoms with Crippen molar-refractivity contribution in [3.05, 3.63) is 70.1 Å². The van der Waals surface area contributed by atoms with Crippen LogP contribution < -0.4 is 9.80 Å². The van der Waals surface area contributed by atoms with Crippen LogP contribution in [0.5, 0.6) is 0 Å². The minimum Gasteiger partial charge on any atom is -0.726 e. The number of carbonyl (C=O) groups excluding carboxylic acids is 2. The molecule has 0 N–H and O–H groups in total. The number of likely N-dealkylation sites (N-methyl/N-ethyl adjacent to an activating group) is 1. The van der Waals surface area contributed by atoms with E-state index in [0.29, 0.717) is 16.3 Å². The molecular weight excluding hydrogens is 605 g/mol. The highest BCUT2D eigenvalue weighted by Crippen LogP contribution is 2.37. The summed E-state index contributed by atoms with van der Waals surface area (Å²) >= 11 is 1.35. The van der Waals surface area contributed by atoms with Gasteiger partial charge in [-0.2, -0.15) is 4.98 Å². The van der Waals surface area contributed by atoms with Gasteiger partial charge in [-0.25, -0.2) is 8.42 Å². The van der Waals surface area contributed by atoms with Gasteiger partial charge in [0.2, 0.25) is 15.5 Å². The number of piperazine rings is 1. The summed E-state index contributed by atoms with van der Waals surface area (Å²) in [5, 5.41) is 9.36. The summed E-state index contributed by atoms with van der Waals surface area (Å²) in [5.74, 6) is 0.278. The van der Waals surface area contributed by atoms with Gasteiger partial charge in [-0.3, -0.25) is 13.8 Å². The fraction of sp³-hybridized carbons (Fsp3) is 0.367. The van der Waals surface area contributed by atoms with Crippen molar-refractivity contribution in [2.24, 2.45) is 10.2 Å². The molecule has 0 amide bonds. The molecule has 1 aromatic heterocycles. The third-order valence-corrected chi connectivity index (χ3v) is 8.77. The maximum atomic E-state index is 13.1.